The molecule has 17 heavy (non-hydrogen) atoms. The van der Waals surface area contributed by atoms with Crippen LogP contribution in [0.2, 0.25) is 0 Å². The summed E-state index contributed by atoms with van der Waals surface area (Å²) >= 11 is 0. The Bertz CT molecular complexity index is 554. The number of hydrogen-bond donors (Lipinski definition) is 1. The van der Waals surface area contributed by atoms with E-state index in [0.717, 1.165) is 12.4 Å². The molecule has 0 spiro atoms. The van der Waals surface area contributed by atoms with Gasteiger partial charge in [-0.1, -0.05) is 6.08 Å². The van der Waals surface area contributed by atoms with Crippen molar-refractivity contribution in [2.24, 2.45) is 0 Å². The van der Waals surface area contributed by atoms with Crippen LogP contribution < -0.4 is 5.73 Å². The third kappa shape index (κ3) is 2.77. The summed E-state index contributed by atoms with van der Waals surface area (Å²) in [6.45, 7) is 2.97. The molecule has 0 fully saturated rings. The first-order valence-electron chi connectivity index (χ1n) is 4.28. The maximum absolute atomic E-state index is 11.6. The quantitative estimate of drug-likeness (QED) is 0.352. The van der Waals surface area contributed by atoms with Gasteiger partial charge < -0.3 is 5.73 Å². The van der Waals surface area contributed by atoms with Gasteiger partial charge in [0.25, 0.3) is 0 Å². The molecular weight excluding hydrogens is 250 g/mol. The van der Waals surface area contributed by atoms with E-state index >= 15 is 0 Å². The van der Waals surface area contributed by atoms with Gasteiger partial charge in [0, 0.05) is 0 Å². The Morgan fingerprint density at radius 3 is 2.76 bits per heavy atom. The minimum Gasteiger partial charge on any atom is -0.392 e. The third-order valence-electron chi connectivity index (χ3n) is 1.71. The molecule has 2 N–H and O–H groups in total. The Labute approximate surface area is 97.0 Å². The van der Waals surface area contributed by atoms with Crippen LogP contribution >= 0.6 is 0 Å². The molecule has 0 bridgehead atoms. The number of anilines is 1. The van der Waals surface area contributed by atoms with Crippen LogP contribution in [-0.4, -0.2) is 24.9 Å². The average Bonchev–Trinajstić information content (AvgIpc) is 2.25. The Kier molecular flexibility index (Phi) is 3.76. The van der Waals surface area contributed by atoms with Crippen LogP contribution in [0.5, 0.6) is 0 Å². The summed E-state index contributed by atoms with van der Waals surface area (Å²) in [4.78, 5) is 12.6. The van der Waals surface area contributed by atoms with Gasteiger partial charge in [-0.15, -0.1) is 6.58 Å². The van der Waals surface area contributed by atoms with Gasteiger partial charge in [-0.3, -0.25) is 19.3 Å². The molecule has 0 saturated carbocycles. The van der Waals surface area contributed by atoms with Crippen molar-refractivity contribution < 1.29 is 17.5 Å². The summed E-state index contributed by atoms with van der Waals surface area (Å²) in [7, 11) is -4.28. The molecule has 0 aliphatic rings. The monoisotopic (exact) mass is 259 g/mol. The highest BCUT2D eigenvalue weighted by atomic mass is 32.2. The van der Waals surface area contributed by atoms with E-state index in [9.17, 15) is 18.5 Å². The standard InChI is InChI=1S/C8H9N3O5S/c1-2-3-16-17(14,15)7-5-10-4-6(9)8(7)11(12)13/h2,4-5H,1,3,9H2. The molecule has 9 heteroatoms. The van der Waals surface area contributed by atoms with Crippen LogP contribution in [0.4, 0.5) is 11.4 Å². The summed E-state index contributed by atoms with van der Waals surface area (Å²) in [6, 6.07) is 0. The van der Waals surface area contributed by atoms with E-state index in [1.165, 1.54) is 6.08 Å². The molecule has 0 aliphatic carbocycles. The SMILES string of the molecule is C=CCOS(=O)(=O)c1cncc(N)c1[N+](=O)[O-]. The Balaban J connectivity index is 3.36. The second kappa shape index (κ2) is 4.89. The van der Waals surface area contributed by atoms with Crippen molar-refractivity contribution in [1.82, 2.24) is 4.98 Å². The first kappa shape index (κ1) is 13.1. The second-order valence-corrected chi connectivity index (χ2v) is 4.44. The average molecular weight is 259 g/mol. The Morgan fingerprint density at radius 2 is 2.24 bits per heavy atom. The van der Waals surface area contributed by atoms with Crippen molar-refractivity contribution in [3.05, 3.63) is 35.2 Å². The van der Waals surface area contributed by atoms with Crippen LogP contribution in [-0.2, 0) is 14.3 Å². The zero-order valence-corrected chi connectivity index (χ0v) is 9.38. The maximum atomic E-state index is 11.6. The molecule has 0 aromatic carbocycles. The van der Waals surface area contributed by atoms with E-state index in [1.54, 1.807) is 0 Å². The molecule has 0 atom stereocenters. The lowest BCUT2D eigenvalue weighted by Crippen LogP contribution is -2.11. The lowest BCUT2D eigenvalue weighted by atomic mass is 10.4. The second-order valence-electron chi connectivity index (χ2n) is 2.86. The van der Waals surface area contributed by atoms with Gasteiger partial charge in [0.15, 0.2) is 4.90 Å². The van der Waals surface area contributed by atoms with Crippen molar-refractivity contribution in [3.63, 3.8) is 0 Å². The highest BCUT2D eigenvalue weighted by Gasteiger charge is 2.29. The number of nitrogen functional groups attached to an aromatic ring is 1. The van der Waals surface area contributed by atoms with Crippen LogP contribution in [0, 0.1) is 10.1 Å². The van der Waals surface area contributed by atoms with Crippen molar-refractivity contribution >= 4 is 21.5 Å². The highest BCUT2D eigenvalue weighted by Crippen LogP contribution is 2.29. The Morgan fingerprint density at radius 1 is 1.59 bits per heavy atom. The fourth-order valence-electron chi connectivity index (χ4n) is 1.03. The van der Waals surface area contributed by atoms with Crippen molar-refractivity contribution in [2.75, 3.05) is 12.3 Å². The molecule has 1 rings (SSSR count). The molecule has 0 radical (unpaired) electrons. The van der Waals surface area contributed by atoms with Gasteiger partial charge in [0.05, 0.1) is 23.9 Å². The van der Waals surface area contributed by atoms with Gasteiger partial charge >= 0.3 is 15.8 Å². The fourth-order valence-corrected chi connectivity index (χ4v) is 2.05. The van der Waals surface area contributed by atoms with E-state index in [4.69, 9.17) is 5.73 Å². The van der Waals surface area contributed by atoms with Gasteiger partial charge in [-0.2, -0.15) is 8.42 Å². The molecule has 0 amide bonds. The smallest absolute Gasteiger partial charge is 0.316 e. The normalized spacial score (nSPS) is 11.1. The van der Waals surface area contributed by atoms with Gasteiger partial charge in [-0.05, 0) is 0 Å². The van der Waals surface area contributed by atoms with Crippen molar-refractivity contribution in [1.29, 1.82) is 0 Å². The number of aromatic nitrogens is 1. The molecule has 0 saturated heterocycles. The van der Waals surface area contributed by atoms with Crippen molar-refractivity contribution in [2.45, 2.75) is 4.90 Å². The molecular formula is C8H9N3O5S. The number of nitrogens with zero attached hydrogens (tertiary/aromatic N) is 2. The number of rotatable bonds is 5. The minimum atomic E-state index is -4.28. The summed E-state index contributed by atoms with van der Waals surface area (Å²) in [5, 5.41) is 10.7. The summed E-state index contributed by atoms with van der Waals surface area (Å²) in [6.07, 6.45) is 3.00. The van der Waals surface area contributed by atoms with Gasteiger partial charge in [0.1, 0.15) is 5.69 Å². The lowest BCUT2D eigenvalue weighted by molar-refractivity contribution is -0.387. The number of nitrogens with two attached hydrogens (primary N) is 1. The van der Waals surface area contributed by atoms with Crippen LogP contribution in [0.1, 0.15) is 0 Å². The summed E-state index contributed by atoms with van der Waals surface area (Å²) in [5.74, 6) is 0. The van der Waals surface area contributed by atoms with E-state index in [0.29, 0.717) is 0 Å². The van der Waals surface area contributed by atoms with Crippen LogP contribution in [0.15, 0.2) is 29.9 Å². The zero-order chi connectivity index (χ0) is 13.1. The fraction of sp³-hybridized carbons (Fsp3) is 0.125. The van der Waals surface area contributed by atoms with Crippen LogP contribution in [0.25, 0.3) is 0 Å². The molecule has 0 unspecified atom stereocenters. The predicted molar refractivity (Wildman–Crippen MR) is 58.6 cm³/mol. The molecule has 1 heterocycles. The molecule has 8 nitrogen and oxygen atoms in total. The van der Waals surface area contributed by atoms with Crippen LogP contribution in [0.3, 0.4) is 0 Å². The maximum Gasteiger partial charge on any atom is 0.316 e. The highest BCUT2D eigenvalue weighted by molar-refractivity contribution is 7.87. The summed E-state index contributed by atoms with van der Waals surface area (Å²) in [5.41, 5.74) is 4.21. The number of nitro groups is 1. The zero-order valence-electron chi connectivity index (χ0n) is 8.57. The first-order valence-corrected chi connectivity index (χ1v) is 5.69. The molecule has 1 aromatic rings. The number of pyridine rings is 1. The van der Waals surface area contributed by atoms with Crippen molar-refractivity contribution in [3.8, 4) is 0 Å². The number of hydrogen-bond acceptors (Lipinski definition) is 7. The lowest BCUT2D eigenvalue weighted by Gasteiger charge is -2.05. The van der Waals surface area contributed by atoms with E-state index in [1.807, 2.05) is 0 Å². The minimum absolute atomic E-state index is 0.297. The molecule has 92 valence electrons. The Hall–Kier alpha value is -2.00. The molecule has 1 aromatic heterocycles. The topological polar surface area (TPSA) is 125 Å². The van der Waals surface area contributed by atoms with Gasteiger partial charge in [0.2, 0.25) is 0 Å². The summed E-state index contributed by atoms with van der Waals surface area (Å²) < 4.78 is 27.7. The van der Waals surface area contributed by atoms with E-state index in [2.05, 4.69) is 15.7 Å². The third-order valence-corrected chi connectivity index (χ3v) is 2.99. The molecule has 0 aliphatic heterocycles. The first-order chi connectivity index (χ1) is 7.90. The van der Waals surface area contributed by atoms with Gasteiger partial charge in [-0.25, -0.2) is 0 Å². The van der Waals surface area contributed by atoms with E-state index in [-0.39, 0.29) is 12.3 Å². The predicted octanol–water partition coefficient (Wildman–Crippen LogP) is 0.463. The van der Waals surface area contributed by atoms with E-state index < -0.39 is 25.6 Å². The largest absolute Gasteiger partial charge is 0.392 e.